The third-order valence-electron chi connectivity index (χ3n) is 2.56. The molecule has 2 aromatic rings. The Bertz CT molecular complexity index is 631. The number of pyridine rings is 1. The lowest BCUT2D eigenvalue weighted by atomic mass is 10.2. The highest BCUT2D eigenvalue weighted by molar-refractivity contribution is 5.98. The molecule has 2 aromatic heterocycles. The fourth-order valence-electron chi connectivity index (χ4n) is 1.82. The van der Waals surface area contributed by atoms with E-state index < -0.39 is 5.97 Å². The van der Waals surface area contributed by atoms with Gasteiger partial charge in [-0.25, -0.2) is 9.78 Å². The van der Waals surface area contributed by atoms with Crippen LogP contribution in [0.5, 0.6) is 5.75 Å². The molecule has 0 aliphatic carbocycles. The molecule has 0 saturated carbocycles. The van der Waals surface area contributed by atoms with Crippen molar-refractivity contribution in [2.45, 2.75) is 6.92 Å². The van der Waals surface area contributed by atoms with Gasteiger partial charge < -0.3 is 9.84 Å². The fraction of sp³-hybridized carbons (Fsp3) is 0.250. The molecule has 0 aliphatic rings. The van der Waals surface area contributed by atoms with Gasteiger partial charge >= 0.3 is 5.97 Å². The van der Waals surface area contributed by atoms with Crippen molar-refractivity contribution in [1.29, 1.82) is 0 Å². The van der Waals surface area contributed by atoms with Crippen molar-refractivity contribution in [1.82, 2.24) is 14.8 Å². The van der Waals surface area contributed by atoms with Crippen LogP contribution in [0.1, 0.15) is 16.1 Å². The molecule has 18 heavy (non-hydrogen) atoms. The van der Waals surface area contributed by atoms with E-state index in [0.717, 1.165) is 0 Å². The second-order valence-corrected chi connectivity index (χ2v) is 3.81. The van der Waals surface area contributed by atoms with Gasteiger partial charge in [-0.05, 0) is 6.92 Å². The molecule has 2 heterocycles. The minimum atomic E-state index is -1.08. The third kappa shape index (κ3) is 1.81. The number of hydrogen-bond donors (Lipinski definition) is 1. The molecule has 0 fully saturated rings. The summed E-state index contributed by atoms with van der Waals surface area (Å²) in [7, 11) is 1.75. The zero-order valence-corrected chi connectivity index (χ0v) is 10.2. The van der Waals surface area contributed by atoms with Crippen LogP contribution in [0.15, 0.2) is 18.9 Å². The highest BCUT2D eigenvalue weighted by Gasteiger charge is 2.20. The molecule has 0 atom stereocenters. The Morgan fingerprint density at radius 2 is 2.39 bits per heavy atom. The van der Waals surface area contributed by atoms with Crippen LogP contribution in [-0.2, 0) is 7.05 Å². The quantitative estimate of drug-likeness (QED) is 0.829. The SMILES string of the molecule is C=CCOc1c(C(=O)O)cnc2c1c(C)nn2C. The summed E-state index contributed by atoms with van der Waals surface area (Å²) in [4.78, 5) is 15.3. The number of aromatic carboxylic acids is 1. The van der Waals surface area contributed by atoms with Crippen LogP contribution in [-0.4, -0.2) is 32.4 Å². The van der Waals surface area contributed by atoms with Gasteiger partial charge in [0.15, 0.2) is 5.65 Å². The number of carboxylic acids is 1. The first kappa shape index (κ1) is 12.1. The summed E-state index contributed by atoms with van der Waals surface area (Å²) in [6.45, 7) is 5.57. The van der Waals surface area contributed by atoms with Crippen LogP contribution in [0, 0.1) is 6.92 Å². The molecule has 6 heteroatoms. The molecule has 0 aliphatic heterocycles. The summed E-state index contributed by atoms with van der Waals surface area (Å²) in [6, 6.07) is 0. The van der Waals surface area contributed by atoms with Crippen molar-refractivity contribution >= 4 is 17.0 Å². The molecule has 0 radical (unpaired) electrons. The predicted molar refractivity (Wildman–Crippen MR) is 65.9 cm³/mol. The van der Waals surface area contributed by atoms with Gasteiger partial charge in [-0.1, -0.05) is 12.7 Å². The van der Waals surface area contributed by atoms with Crippen molar-refractivity contribution in [3.05, 3.63) is 30.1 Å². The van der Waals surface area contributed by atoms with Crippen molar-refractivity contribution in [2.24, 2.45) is 7.05 Å². The van der Waals surface area contributed by atoms with Gasteiger partial charge in [0.05, 0.1) is 11.1 Å². The number of carbonyl (C=O) groups is 1. The maximum atomic E-state index is 11.2. The lowest BCUT2D eigenvalue weighted by Gasteiger charge is -2.08. The molecule has 0 spiro atoms. The van der Waals surface area contributed by atoms with Gasteiger partial charge in [0.1, 0.15) is 17.9 Å². The second kappa shape index (κ2) is 4.48. The van der Waals surface area contributed by atoms with Gasteiger partial charge in [0.25, 0.3) is 0 Å². The number of hydrogen-bond acceptors (Lipinski definition) is 4. The van der Waals surface area contributed by atoms with Crippen molar-refractivity contribution in [2.75, 3.05) is 6.61 Å². The van der Waals surface area contributed by atoms with Crippen molar-refractivity contribution in [3.8, 4) is 5.75 Å². The van der Waals surface area contributed by atoms with E-state index in [1.807, 2.05) is 0 Å². The lowest BCUT2D eigenvalue weighted by Crippen LogP contribution is -2.05. The molecule has 6 nitrogen and oxygen atoms in total. The average molecular weight is 247 g/mol. The Hall–Kier alpha value is -2.37. The number of nitrogens with zero attached hydrogens (tertiary/aromatic N) is 3. The minimum absolute atomic E-state index is 0.0282. The zero-order valence-electron chi connectivity index (χ0n) is 10.2. The normalized spacial score (nSPS) is 10.6. The topological polar surface area (TPSA) is 77.2 Å². The molecule has 0 bridgehead atoms. The standard InChI is InChI=1S/C12H13N3O3/c1-4-5-18-10-8(12(16)17)6-13-11-9(10)7(2)14-15(11)3/h4,6H,1,5H2,2-3H3,(H,16,17). The summed E-state index contributed by atoms with van der Waals surface area (Å²) >= 11 is 0. The van der Waals surface area contributed by atoms with Crippen LogP contribution in [0.3, 0.4) is 0 Å². The fourth-order valence-corrected chi connectivity index (χ4v) is 1.82. The smallest absolute Gasteiger partial charge is 0.341 e. The monoisotopic (exact) mass is 247 g/mol. The molecular weight excluding hydrogens is 234 g/mol. The van der Waals surface area contributed by atoms with Gasteiger partial charge in [0.2, 0.25) is 0 Å². The Labute approximate surface area is 104 Å². The van der Waals surface area contributed by atoms with E-state index in [0.29, 0.717) is 16.7 Å². The molecule has 0 aromatic carbocycles. The first-order valence-corrected chi connectivity index (χ1v) is 5.35. The van der Waals surface area contributed by atoms with E-state index in [9.17, 15) is 4.79 Å². The third-order valence-corrected chi connectivity index (χ3v) is 2.56. The van der Waals surface area contributed by atoms with E-state index in [4.69, 9.17) is 9.84 Å². The number of aryl methyl sites for hydroxylation is 2. The first-order chi connectivity index (χ1) is 8.56. The number of ether oxygens (including phenoxy) is 1. The van der Waals surface area contributed by atoms with Crippen molar-refractivity contribution < 1.29 is 14.6 Å². The lowest BCUT2D eigenvalue weighted by molar-refractivity contribution is 0.0692. The van der Waals surface area contributed by atoms with Gasteiger partial charge in [-0.2, -0.15) is 5.10 Å². The Balaban J connectivity index is 2.75. The average Bonchev–Trinajstić information content (AvgIpc) is 2.62. The zero-order chi connectivity index (χ0) is 13.3. The van der Waals surface area contributed by atoms with E-state index in [1.165, 1.54) is 6.20 Å². The Morgan fingerprint density at radius 3 is 3.00 bits per heavy atom. The largest absolute Gasteiger partial charge is 0.488 e. The summed E-state index contributed by atoms with van der Waals surface area (Å²) in [5.41, 5.74) is 1.30. The molecular formula is C12H13N3O3. The Morgan fingerprint density at radius 1 is 1.67 bits per heavy atom. The van der Waals surface area contributed by atoms with Crippen LogP contribution >= 0.6 is 0 Å². The highest BCUT2D eigenvalue weighted by Crippen LogP contribution is 2.30. The number of aromatic nitrogens is 3. The summed E-state index contributed by atoms with van der Waals surface area (Å²) in [5, 5.41) is 14.0. The summed E-state index contributed by atoms with van der Waals surface area (Å²) < 4.78 is 7.06. The number of rotatable bonds is 4. The van der Waals surface area contributed by atoms with E-state index >= 15 is 0 Å². The van der Waals surface area contributed by atoms with E-state index in [-0.39, 0.29) is 17.9 Å². The summed E-state index contributed by atoms with van der Waals surface area (Å²) in [5.74, 6) is -0.787. The minimum Gasteiger partial charge on any atom is -0.488 e. The molecule has 0 unspecified atom stereocenters. The second-order valence-electron chi connectivity index (χ2n) is 3.81. The van der Waals surface area contributed by atoms with Gasteiger partial charge in [-0.15, -0.1) is 0 Å². The van der Waals surface area contributed by atoms with Crippen LogP contribution in [0.2, 0.25) is 0 Å². The van der Waals surface area contributed by atoms with E-state index in [1.54, 1.807) is 24.7 Å². The van der Waals surface area contributed by atoms with Gasteiger partial charge in [0, 0.05) is 13.2 Å². The molecule has 0 saturated heterocycles. The number of carboxylic acid groups (broad SMARTS) is 1. The Kier molecular flexibility index (Phi) is 3.01. The number of fused-ring (bicyclic) bond motifs is 1. The molecule has 94 valence electrons. The molecule has 1 N–H and O–H groups in total. The van der Waals surface area contributed by atoms with Crippen LogP contribution in [0.25, 0.3) is 11.0 Å². The molecule has 2 rings (SSSR count). The van der Waals surface area contributed by atoms with Crippen LogP contribution in [0.4, 0.5) is 0 Å². The van der Waals surface area contributed by atoms with Crippen LogP contribution < -0.4 is 4.74 Å². The van der Waals surface area contributed by atoms with Gasteiger partial charge in [-0.3, -0.25) is 4.68 Å². The molecule has 0 amide bonds. The highest BCUT2D eigenvalue weighted by atomic mass is 16.5. The van der Waals surface area contributed by atoms with Crippen molar-refractivity contribution in [3.63, 3.8) is 0 Å². The predicted octanol–water partition coefficient (Wildman–Crippen LogP) is 1.54. The van der Waals surface area contributed by atoms with E-state index in [2.05, 4.69) is 16.7 Å². The maximum Gasteiger partial charge on any atom is 0.341 e. The maximum absolute atomic E-state index is 11.2. The summed E-state index contributed by atoms with van der Waals surface area (Å²) in [6.07, 6.45) is 2.84. The first-order valence-electron chi connectivity index (χ1n) is 5.35.